The van der Waals surface area contributed by atoms with Crippen LogP contribution in [-0.2, 0) is 11.2 Å². The number of carbonyl (C=O) groups excluding carboxylic acids is 2. The van der Waals surface area contributed by atoms with Crippen molar-refractivity contribution in [2.24, 2.45) is 5.41 Å². The Hall–Kier alpha value is -3.29. The van der Waals surface area contributed by atoms with Gasteiger partial charge in [0.05, 0.1) is 18.7 Å². The highest BCUT2D eigenvalue weighted by atomic mass is 19.1. The maximum atomic E-state index is 15.0. The molecule has 1 saturated heterocycles. The first-order valence-electron chi connectivity index (χ1n) is 12.1. The third-order valence-electron chi connectivity index (χ3n) is 6.88. The molecule has 0 bridgehead atoms. The molecule has 0 aromatic heterocycles. The van der Waals surface area contributed by atoms with Gasteiger partial charge in [-0.3, -0.25) is 9.59 Å². The fourth-order valence-corrected chi connectivity index (χ4v) is 5.03. The van der Waals surface area contributed by atoms with Crippen LogP contribution in [0.15, 0.2) is 24.3 Å². The summed E-state index contributed by atoms with van der Waals surface area (Å²) >= 11 is 0. The van der Waals surface area contributed by atoms with E-state index in [0.717, 1.165) is 11.3 Å². The second-order valence-corrected chi connectivity index (χ2v) is 10.6. The molecule has 35 heavy (non-hydrogen) atoms. The van der Waals surface area contributed by atoms with E-state index in [1.165, 1.54) is 0 Å². The van der Waals surface area contributed by atoms with Crippen LogP contribution in [0, 0.1) is 18.2 Å². The molecular formula is C27H31FN2O5. The highest BCUT2D eigenvalue weighted by molar-refractivity contribution is 6.01. The molecule has 0 aliphatic carbocycles. The molecule has 7 nitrogen and oxygen atoms in total. The standard InChI is InChI=1S/C27H31FN2O5/c1-14(2)34-24-22-21(8-15(3)23(24)28)33-13-17-9-19(12-30(17)25(22)31)35-18-7-6-16-11-27(4,5)26(32)29-20(16)10-18/h6-8,10,14,17,19H,9,11-13H2,1-5H3,(H,29,32)/t17-,19+/m1/s1. The summed E-state index contributed by atoms with van der Waals surface area (Å²) in [5.41, 5.74) is 1.88. The van der Waals surface area contributed by atoms with Gasteiger partial charge in [0.2, 0.25) is 5.91 Å². The predicted molar refractivity (Wildman–Crippen MR) is 129 cm³/mol. The number of carbonyl (C=O) groups is 2. The van der Waals surface area contributed by atoms with Crippen molar-refractivity contribution in [1.29, 1.82) is 0 Å². The van der Waals surface area contributed by atoms with E-state index in [1.807, 2.05) is 32.0 Å². The van der Waals surface area contributed by atoms with E-state index in [1.54, 1.807) is 31.7 Å². The van der Waals surface area contributed by atoms with E-state index in [4.69, 9.17) is 14.2 Å². The number of hydrogen-bond acceptors (Lipinski definition) is 5. The molecule has 0 saturated carbocycles. The Morgan fingerprint density at radius 1 is 1.23 bits per heavy atom. The fraction of sp³-hybridized carbons (Fsp3) is 0.481. The van der Waals surface area contributed by atoms with Crippen molar-refractivity contribution in [3.8, 4) is 17.2 Å². The molecule has 5 rings (SSSR count). The van der Waals surface area contributed by atoms with Crippen molar-refractivity contribution in [1.82, 2.24) is 4.90 Å². The van der Waals surface area contributed by atoms with Gasteiger partial charge < -0.3 is 24.4 Å². The third kappa shape index (κ3) is 4.19. The molecule has 0 unspecified atom stereocenters. The van der Waals surface area contributed by atoms with Gasteiger partial charge >= 0.3 is 0 Å². The molecule has 3 aliphatic rings. The Labute approximate surface area is 204 Å². The number of rotatable bonds is 4. The number of fused-ring (bicyclic) bond motifs is 3. The van der Waals surface area contributed by atoms with Crippen LogP contribution < -0.4 is 19.5 Å². The Kier molecular flexibility index (Phi) is 5.65. The fourth-order valence-electron chi connectivity index (χ4n) is 5.03. The molecule has 3 aliphatic heterocycles. The van der Waals surface area contributed by atoms with Gasteiger partial charge in [0, 0.05) is 23.6 Å². The highest BCUT2D eigenvalue weighted by Crippen LogP contribution is 2.40. The molecule has 2 amide bonds. The first-order chi connectivity index (χ1) is 16.5. The number of benzene rings is 2. The van der Waals surface area contributed by atoms with Crippen molar-refractivity contribution in [3.63, 3.8) is 0 Å². The van der Waals surface area contributed by atoms with Crippen LogP contribution in [-0.4, -0.2) is 48.1 Å². The highest BCUT2D eigenvalue weighted by Gasteiger charge is 2.42. The van der Waals surface area contributed by atoms with E-state index >= 15 is 0 Å². The van der Waals surface area contributed by atoms with Gasteiger partial charge in [-0.25, -0.2) is 4.39 Å². The van der Waals surface area contributed by atoms with E-state index in [-0.39, 0.29) is 41.4 Å². The summed E-state index contributed by atoms with van der Waals surface area (Å²) in [6.07, 6.45) is 0.688. The molecule has 2 aromatic rings. The second kappa shape index (κ2) is 8.43. The molecule has 186 valence electrons. The molecule has 8 heteroatoms. The van der Waals surface area contributed by atoms with Crippen LogP contribution in [0.4, 0.5) is 10.1 Å². The van der Waals surface area contributed by atoms with Crippen LogP contribution in [0.25, 0.3) is 0 Å². The average Bonchev–Trinajstić information content (AvgIpc) is 3.13. The molecular weight excluding hydrogens is 451 g/mol. The lowest BCUT2D eigenvalue weighted by Gasteiger charge is -2.30. The lowest BCUT2D eigenvalue weighted by molar-refractivity contribution is -0.124. The third-order valence-corrected chi connectivity index (χ3v) is 6.88. The summed E-state index contributed by atoms with van der Waals surface area (Å²) in [7, 11) is 0. The Bertz CT molecular complexity index is 1210. The number of aryl methyl sites for hydroxylation is 1. The minimum atomic E-state index is -0.542. The smallest absolute Gasteiger partial charge is 0.262 e. The second-order valence-electron chi connectivity index (χ2n) is 10.6. The lowest BCUT2D eigenvalue weighted by Crippen LogP contribution is -2.37. The lowest BCUT2D eigenvalue weighted by atomic mass is 9.81. The van der Waals surface area contributed by atoms with Crippen LogP contribution in [0.1, 0.15) is 55.6 Å². The summed E-state index contributed by atoms with van der Waals surface area (Å²) in [5.74, 6) is 0.0516. The van der Waals surface area contributed by atoms with Crippen molar-refractivity contribution in [2.75, 3.05) is 18.5 Å². The number of nitrogens with zero attached hydrogens (tertiary/aromatic N) is 1. The number of ether oxygens (including phenoxy) is 3. The van der Waals surface area contributed by atoms with Gasteiger partial charge in [-0.15, -0.1) is 0 Å². The quantitative estimate of drug-likeness (QED) is 0.695. The van der Waals surface area contributed by atoms with Crippen LogP contribution in [0.3, 0.4) is 0 Å². The Balaban J connectivity index is 1.37. The molecule has 0 radical (unpaired) electrons. The predicted octanol–water partition coefficient (Wildman–Crippen LogP) is 4.50. The van der Waals surface area contributed by atoms with E-state index in [0.29, 0.717) is 43.1 Å². The molecule has 1 N–H and O–H groups in total. The SMILES string of the molecule is Cc1cc2c(c(OC(C)C)c1F)C(=O)N1C[C@@H](Oc3ccc4c(c3)NC(=O)C(C)(C)C4)C[C@@H]1CO2. The number of anilines is 1. The monoisotopic (exact) mass is 482 g/mol. The topological polar surface area (TPSA) is 77.1 Å². The average molecular weight is 483 g/mol. The molecule has 0 spiro atoms. The number of amides is 2. The van der Waals surface area contributed by atoms with Crippen LogP contribution in [0.5, 0.6) is 17.2 Å². The van der Waals surface area contributed by atoms with Crippen molar-refractivity contribution in [2.45, 2.75) is 65.7 Å². The van der Waals surface area contributed by atoms with Gasteiger partial charge in [0.1, 0.15) is 29.8 Å². The summed E-state index contributed by atoms with van der Waals surface area (Å²) in [6, 6.07) is 7.08. The van der Waals surface area contributed by atoms with Gasteiger partial charge in [0.15, 0.2) is 11.6 Å². The Morgan fingerprint density at radius 3 is 2.74 bits per heavy atom. The molecule has 2 atom stereocenters. The zero-order valence-electron chi connectivity index (χ0n) is 20.7. The summed E-state index contributed by atoms with van der Waals surface area (Å²) < 4.78 is 32.9. The zero-order chi connectivity index (χ0) is 25.1. The van der Waals surface area contributed by atoms with Crippen molar-refractivity contribution >= 4 is 17.5 Å². The van der Waals surface area contributed by atoms with Gasteiger partial charge in [0.25, 0.3) is 5.91 Å². The first-order valence-corrected chi connectivity index (χ1v) is 12.1. The van der Waals surface area contributed by atoms with Crippen molar-refractivity contribution in [3.05, 3.63) is 46.8 Å². The first kappa shape index (κ1) is 23.5. The van der Waals surface area contributed by atoms with E-state index < -0.39 is 11.2 Å². The number of halogens is 1. The largest absolute Gasteiger partial charge is 0.490 e. The zero-order valence-corrected chi connectivity index (χ0v) is 20.7. The molecule has 3 heterocycles. The number of nitrogens with one attached hydrogen (secondary N) is 1. The minimum absolute atomic E-state index is 0.0142. The molecule has 1 fully saturated rings. The Morgan fingerprint density at radius 2 is 2.00 bits per heavy atom. The minimum Gasteiger partial charge on any atom is -0.490 e. The summed E-state index contributed by atoms with van der Waals surface area (Å²) in [6.45, 7) is 9.71. The summed E-state index contributed by atoms with van der Waals surface area (Å²) in [5, 5.41) is 2.97. The van der Waals surface area contributed by atoms with Gasteiger partial charge in [-0.05, 0) is 50.5 Å². The maximum absolute atomic E-state index is 15.0. The van der Waals surface area contributed by atoms with Gasteiger partial charge in [-0.1, -0.05) is 19.9 Å². The van der Waals surface area contributed by atoms with E-state index in [2.05, 4.69) is 5.32 Å². The van der Waals surface area contributed by atoms with Crippen LogP contribution >= 0.6 is 0 Å². The summed E-state index contributed by atoms with van der Waals surface area (Å²) in [4.78, 5) is 27.6. The van der Waals surface area contributed by atoms with E-state index in [9.17, 15) is 14.0 Å². The molecule has 2 aromatic carbocycles. The normalized spacial score (nSPS) is 22.5. The maximum Gasteiger partial charge on any atom is 0.262 e. The van der Waals surface area contributed by atoms with Crippen molar-refractivity contribution < 1.29 is 28.2 Å². The van der Waals surface area contributed by atoms with Crippen LogP contribution in [0.2, 0.25) is 0 Å². The number of hydrogen-bond donors (Lipinski definition) is 1. The van der Waals surface area contributed by atoms with Gasteiger partial charge in [-0.2, -0.15) is 0 Å².